The third-order valence-corrected chi connectivity index (χ3v) is 9.90. The largest absolute Gasteiger partial charge is 0.392 e. The van der Waals surface area contributed by atoms with Crippen molar-refractivity contribution in [2.45, 2.75) is 61.6 Å². The van der Waals surface area contributed by atoms with Gasteiger partial charge < -0.3 is 26.2 Å². The summed E-state index contributed by atoms with van der Waals surface area (Å²) in [6.45, 7) is 3.05. The number of ether oxygens (including phenoxy) is 1. The van der Waals surface area contributed by atoms with Crippen LogP contribution in [0.25, 0.3) is 0 Å². The maximum atomic E-state index is 15.3. The highest BCUT2D eigenvalue weighted by atomic mass is 35.5. The minimum Gasteiger partial charge on any atom is -0.392 e. The van der Waals surface area contributed by atoms with Crippen molar-refractivity contribution >= 4 is 33.2 Å². The van der Waals surface area contributed by atoms with Crippen molar-refractivity contribution in [3.05, 3.63) is 94.5 Å². The van der Waals surface area contributed by atoms with Crippen LogP contribution in [0.3, 0.4) is 0 Å². The number of anilines is 1. The van der Waals surface area contributed by atoms with Crippen molar-refractivity contribution in [1.82, 2.24) is 10.0 Å². The van der Waals surface area contributed by atoms with Crippen LogP contribution in [-0.4, -0.2) is 63.9 Å². The number of nitrogens with two attached hydrogens (primary N) is 1. The Labute approximate surface area is 273 Å². The number of amides is 1. The number of nitrogens with one attached hydrogen (secondary N) is 3. The van der Waals surface area contributed by atoms with Crippen LogP contribution in [0.15, 0.2) is 71.6 Å². The topological polar surface area (TPSA) is 143 Å². The minimum atomic E-state index is -4.05. The molecule has 1 amide bonds. The predicted octanol–water partition coefficient (Wildman–Crippen LogP) is 4.34. The normalized spacial score (nSPS) is 16.8. The molecule has 1 aliphatic heterocycles. The lowest BCUT2D eigenvalue weighted by Gasteiger charge is -2.34. The van der Waals surface area contributed by atoms with Gasteiger partial charge in [-0.15, -0.1) is 0 Å². The van der Waals surface area contributed by atoms with E-state index < -0.39 is 45.8 Å². The summed E-state index contributed by atoms with van der Waals surface area (Å²) in [5.74, 6) is -1.86. The molecule has 0 bridgehead atoms. The lowest BCUT2D eigenvalue weighted by Crippen LogP contribution is -2.45. The third-order valence-electron chi connectivity index (χ3n) is 8.11. The maximum absolute atomic E-state index is 15.3. The number of aliphatic hydroxyl groups excluding tert-OH is 1. The number of aliphatic hydroxyl groups is 1. The van der Waals surface area contributed by atoms with Crippen LogP contribution in [0.2, 0.25) is 5.02 Å². The molecule has 13 heteroatoms. The summed E-state index contributed by atoms with van der Waals surface area (Å²) in [6.07, 6.45) is 0.990. The third kappa shape index (κ3) is 10.0. The monoisotopic (exact) mass is 678 g/mol. The molecule has 250 valence electrons. The first-order valence-corrected chi connectivity index (χ1v) is 17.1. The molecule has 1 aliphatic rings. The molecular formula is C33H41ClF2N4O5S. The number of sulfonamides is 1. The summed E-state index contributed by atoms with van der Waals surface area (Å²) < 4.78 is 63.0. The van der Waals surface area contributed by atoms with Crippen molar-refractivity contribution in [3.63, 3.8) is 0 Å². The first-order chi connectivity index (χ1) is 21.9. The molecule has 0 aliphatic carbocycles. The van der Waals surface area contributed by atoms with Gasteiger partial charge in [0.25, 0.3) is 0 Å². The fourth-order valence-corrected chi connectivity index (χ4v) is 7.13. The lowest BCUT2D eigenvalue weighted by molar-refractivity contribution is -0.118. The molecule has 3 aromatic rings. The van der Waals surface area contributed by atoms with E-state index in [4.69, 9.17) is 22.1 Å². The van der Waals surface area contributed by atoms with Gasteiger partial charge in [-0.05, 0) is 92.6 Å². The second-order valence-electron chi connectivity index (χ2n) is 11.6. The molecule has 3 aromatic carbocycles. The Bertz CT molecular complexity index is 1540. The molecule has 1 unspecified atom stereocenters. The number of halogens is 3. The summed E-state index contributed by atoms with van der Waals surface area (Å²) >= 11 is 6.12. The van der Waals surface area contributed by atoms with E-state index in [9.17, 15) is 22.7 Å². The van der Waals surface area contributed by atoms with Gasteiger partial charge in [0, 0.05) is 54.5 Å². The Balaban J connectivity index is 1.52. The van der Waals surface area contributed by atoms with Crippen LogP contribution in [0.1, 0.15) is 43.2 Å². The molecule has 1 heterocycles. The highest BCUT2D eigenvalue weighted by Crippen LogP contribution is 2.35. The number of carbonyl (C=O) groups excluding carboxylic acids is 1. The van der Waals surface area contributed by atoms with Crippen LogP contribution < -0.4 is 21.1 Å². The van der Waals surface area contributed by atoms with E-state index in [-0.39, 0.29) is 53.9 Å². The molecular weight excluding hydrogens is 638 g/mol. The van der Waals surface area contributed by atoms with Gasteiger partial charge in [-0.1, -0.05) is 29.8 Å². The van der Waals surface area contributed by atoms with E-state index in [2.05, 4.69) is 15.4 Å². The van der Waals surface area contributed by atoms with E-state index in [1.54, 1.807) is 25.1 Å². The zero-order valence-corrected chi connectivity index (χ0v) is 27.2. The summed E-state index contributed by atoms with van der Waals surface area (Å²) in [6, 6.07) is 14.3. The first kappa shape index (κ1) is 35.9. The fraction of sp³-hybridized carbons (Fsp3) is 0.424. The fourth-order valence-electron chi connectivity index (χ4n) is 5.73. The highest BCUT2D eigenvalue weighted by Gasteiger charge is 2.34. The number of benzene rings is 3. The Hall–Kier alpha value is -2.97. The van der Waals surface area contributed by atoms with Crippen molar-refractivity contribution in [2.75, 3.05) is 31.6 Å². The van der Waals surface area contributed by atoms with Crippen LogP contribution in [-0.2, 0) is 26.0 Å². The van der Waals surface area contributed by atoms with Crippen molar-refractivity contribution in [1.29, 1.82) is 0 Å². The van der Waals surface area contributed by atoms with Crippen molar-refractivity contribution < 1.29 is 31.8 Å². The maximum Gasteiger partial charge on any atom is 0.241 e. The lowest BCUT2D eigenvalue weighted by atomic mass is 9.76. The minimum absolute atomic E-state index is 0.0606. The van der Waals surface area contributed by atoms with E-state index >= 15 is 4.39 Å². The van der Waals surface area contributed by atoms with Gasteiger partial charge >= 0.3 is 0 Å². The van der Waals surface area contributed by atoms with Crippen LogP contribution >= 0.6 is 11.6 Å². The summed E-state index contributed by atoms with van der Waals surface area (Å²) in [4.78, 5) is 13.5. The molecule has 1 saturated heterocycles. The Kier molecular flexibility index (Phi) is 13.0. The average Bonchev–Trinajstić information content (AvgIpc) is 3.02. The molecule has 0 aromatic heterocycles. The zero-order chi connectivity index (χ0) is 33.3. The Morgan fingerprint density at radius 1 is 1.04 bits per heavy atom. The second-order valence-corrected chi connectivity index (χ2v) is 13.8. The second kappa shape index (κ2) is 16.7. The van der Waals surface area contributed by atoms with Gasteiger partial charge in [-0.25, -0.2) is 21.9 Å². The molecule has 1 fully saturated rings. The summed E-state index contributed by atoms with van der Waals surface area (Å²) in [5.41, 5.74) is 7.93. The van der Waals surface area contributed by atoms with Crippen molar-refractivity contribution in [3.8, 4) is 0 Å². The predicted molar refractivity (Wildman–Crippen MR) is 174 cm³/mol. The standard InChI is InChI=1S/C33H41ClF2N4O5S/c1-21(41)19-38-20-26(40-46(43,44)27-12-9-25(35)10-13-27)11-14-28-29(36)3-2-4-30(28)39-33(42)32(37)31(23-15-17-45-18-16-23)22-5-7-24(34)8-6-22/h2-10,12-13,21,23,26,31-32,38,40-41H,11,14-20,37H2,1H3,(H,39,42)/t21-,26-,31?,32-/m0/s1. The van der Waals surface area contributed by atoms with E-state index in [0.717, 1.165) is 42.7 Å². The summed E-state index contributed by atoms with van der Waals surface area (Å²) in [7, 11) is -4.05. The van der Waals surface area contributed by atoms with E-state index in [0.29, 0.717) is 18.2 Å². The van der Waals surface area contributed by atoms with Gasteiger partial charge in [0.2, 0.25) is 15.9 Å². The van der Waals surface area contributed by atoms with Gasteiger partial charge in [-0.3, -0.25) is 4.79 Å². The number of hydrogen-bond donors (Lipinski definition) is 5. The van der Waals surface area contributed by atoms with Gasteiger partial charge in [0.1, 0.15) is 11.6 Å². The van der Waals surface area contributed by atoms with Crippen LogP contribution in [0.5, 0.6) is 0 Å². The van der Waals surface area contributed by atoms with Crippen molar-refractivity contribution in [2.24, 2.45) is 11.7 Å². The highest BCUT2D eigenvalue weighted by molar-refractivity contribution is 7.89. The van der Waals surface area contributed by atoms with Crippen LogP contribution in [0.4, 0.5) is 14.5 Å². The van der Waals surface area contributed by atoms with Gasteiger partial charge in [-0.2, -0.15) is 0 Å². The van der Waals surface area contributed by atoms with Gasteiger partial charge in [0.05, 0.1) is 17.0 Å². The molecule has 4 atom stereocenters. The quantitative estimate of drug-likeness (QED) is 0.161. The van der Waals surface area contributed by atoms with Crippen LogP contribution in [0, 0.1) is 17.6 Å². The van der Waals surface area contributed by atoms with Gasteiger partial charge in [0.15, 0.2) is 0 Å². The first-order valence-electron chi connectivity index (χ1n) is 15.3. The molecule has 0 spiro atoms. The molecule has 9 nitrogen and oxygen atoms in total. The van der Waals surface area contributed by atoms with E-state index in [1.807, 2.05) is 12.1 Å². The Morgan fingerprint density at radius 3 is 2.37 bits per heavy atom. The SMILES string of the molecule is C[C@H](O)CNC[C@H](CCc1c(F)cccc1NC(=O)[C@@H](N)C(c1ccc(Cl)cc1)C1CCOCC1)NS(=O)(=O)c1ccc(F)cc1. The zero-order valence-electron chi connectivity index (χ0n) is 25.6. The number of rotatable bonds is 15. The molecule has 0 saturated carbocycles. The van der Waals surface area contributed by atoms with E-state index in [1.165, 1.54) is 12.1 Å². The molecule has 4 rings (SSSR count). The molecule has 6 N–H and O–H groups in total. The molecule has 0 radical (unpaired) electrons. The number of carbonyl (C=O) groups is 1. The smallest absolute Gasteiger partial charge is 0.241 e. The molecule has 46 heavy (non-hydrogen) atoms. The Morgan fingerprint density at radius 2 is 1.72 bits per heavy atom. The summed E-state index contributed by atoms with van der Waals surface area (Å²) in [5, 5.41) is 16.1. The average molecular weight is 679 g/mol. The number of hydrogen-bond acceptors (Lipinski definition) is 7.